The summed E-state index contributed by atoms with van der Waals surface area (Å²) >= 11 is 15.0. The van der Waals surface area contributed by atoms with Gasteiger partial charge >= 0.3 is 0 Å². The number of carbonyl (C=O) groups is 1. The number of hydrogen-bond donors (Lipinski definition) is 2. The van der Waals surface area contributed by atoms with Crippen LogP contribution in [0.4, 0.5) is 0 Å². The second-order valence-electron chi connectivity index (χ2n) is 4.36. The fourth-order valence-electron chi connectivity index (χ4n) is 1.57. The van der Waals surface area contributed by atoms with E-state index in [1.54, 1.807) is 18.2 Å². The first-order valence-electron chi connectivity index (χ1n) is 6.34. The van der Waals surface area contributed by atoms with Crippen molar-refractivity contribution in [2.45, 2.75) is 0 Å². The zero-order chi connectivity index (χ0) is 16.8. The van der Waals surface area contributed by atoms with Crippen LogP contribution in [0.2, 0.25) is 10.0 Å². The van der Waals surface area contributed by atoms with E-state index in [2.05, 4.69) is 26.5 Å². The number of amides is 1. The molecule has 2 N–H and O–H groups in total. The predicted octanol–water partition coefficient (Wildman–Crippen LogP) is 3.99. The number of aromatic hydroxyl groups is 1. The number of hydrazone groups is 1. The van der Waals surface area contributed by atoms with Gasteiger partial charge in [0.2, 0.25) is 0 Å². The van der Waals surface area contributed by atoms with Gasteiger partial charge < -0.3 is 9.84 Å². The molecule has 0 heterocycles. The van der Waals surface area contributed by atoms with Crippen molar-refractivity contribution in [1.29, 1.82) is 0 Å². The van der Waals surface area contributed by atoms with Crippen LogP contribution in [0, 0.1) is 0 Å². The molecule has 2 aromatic rings. The van der Waals surface area contributed by atoms with Crippen molar-refractivity contribution in [1.82, 2.24) is 5.43 Å². The van der Waals surface area contributed by atoms with E-state index < -0.39 is 5.91 Å². The lowest BCUT2D eigenvalue weighted by atomic mass is 10.2. The Morgan fingerprint density at radius 1 is 1.30 bits per heavy atom. The van der Waals surface area contributed by atoms with Gasteiger partial charge in [-0.25, -0.2) is 5.43 Å². The highest BCUT2D eigenvalue weighted by atomic mass is 79.9. The lowest BCUT2D eigenvalue weighted by Gasteiger charge is -2.07. The molecule has 5 nitrogen and oxygen atoms in total. The summed E-state index contributed by atoms with van der Waals surface area (Å²) in [6.45, 7) is -0.250. The quantitative estimate of drug-likeness (QED) is 0.570. The van der Waals surface area contributed by atoms with Gasteiger partial charge in [-0.05, 0) is 36.4 Å². The summed E-state index contributed by atoms with van der Waals surface area (Å²) in [5.41, 5.74) is 2.93. The first-order chi connectivity index (χ1) is 11.0. The summed E-state index contributed by atoms with van der Waals surface area (Å²) in [5, 5.41) is 14.0. The summed E-state index contributed by atoms with van der Waals surface area (Å²) in [7, 11) is 0. The number of halogens is 3. The van der Waals surface area contributed by atoms with Crippen molar-refractivity contribution < 1.29 is 14.6 Å². The highest BCUT2D eigenvalue weighted by Gasteiger charge is 2.06. The van der Waals surface area contributed by atoms with E-state index in [0.717, 1.165) is 4.47 Å². The maximum Gasteiger partial charge on any atom is 0.277 e. The third-order valence-electron chi connectivity index (χ3n) is 2.63. The van der Waals surface area contributed by atoms with Crippen molar-refractivity contribution in [3.8, 4) is 11.5 Å². The zero-order valence-electron chi connectivity index (χ0n) is 11.6. The van der Waals surface area contributed by atoms with Crippen molar-refractivity contribution in [3.05, 3.63) is 56.5 Å². The SMILES string of the molecule is O=C(COc1ccc(Cl)cc1Cl)N/N=C\c1cc(O)ccc1Br. The van der Waals surface area contributed by atoms with Crippen LogP contribution in [0.1, 0.15) is 5.56 Å². The zero-order valence-corrected chi connectivity index (χ0v) is 14.7. The number of phenolic OH excluding ortho intramolecular Hbond substituents is 1. The van der Waals surface area contributed by atoms with E-state index in [-0.39, 0.29) is 12.4 Å². The van der Waals surface area contributed by atoms with Crippen LogP contribution in [-0.2, 0) is 4.79 Å². The first kappa shape index (κ1) is 17.6. The van der Waals surface area contributed by atoms with Crippen LogP contribution in [0.3, 0.4) is 0 Å². The van der Waals surface area contributed by atoms with Crippen LogP contribution in [0.25, 0.3) is 0 Å². The van der Waals surface area contributed by atoms with Gasteiger partial charge in [0.25, 0.3) is 5.91 Å². The van der Waals surface area contributed by atoms with E-state index >= 15 is 0 Å². The summed E-state index contributed by atoms with van der Waals surface area (Å²) in [5.74, 6) is -0.00356. The van der Waals surface area contributed by atoms with Crippen molar-refractivity contribution in [2.24, 2.45) is 5.10 Å². The molecule has 8 heteroatoms. The van der Waals surface area contributed by atoms with Gasteiger partial charge in [-0.2, -0.15) is 5.10 Å². The van der Waals surface area contributed by atoms with E-state index in [9.17, 15) is 9.90 Å². The average molecular weight is 418 g/mol. The van der Waals surface area contributed by atoms with Crippen molar-refractivity contribution >= 4 is 51.3 Å². The number of ether oxygens (including phenoxy) is 1. The number of phenols is 1. The summed E-state index contributed by atoms with van der Waals surface area (Å²) in [4.78, 5) is 11.7. The molecule has 0 atom stereocenters. The van der Waals surface area contributed by atoms with Crippen LogP contribution in [0.15, 0.2) is 46.0 Å². The van der Waals surface area contributed by atoms with Gasteiger partial charge in [0.15, 0.2) is 6.61 Å². The fourth-order valence-corrected chi connectivity index (χ4v) is 2.38. The molecule has 2 aromatic carbocycles. The Hall–Kier alpha value is -1.76. The molecule has 0 bridgehead atoms. The van der Waals surface area contributed by atoms with E-state index in [1.807, 2.05) is 0 Å². The number of nitrogens with zero attached hydrogens (tertiary/aromatic N) is 1. The van der Waals surface area contributed by atoms with Gasteiger partial charge in [0.05, 0.1) is 11.2 Å². The van der Waals surface area contributed by atoms with E-state index in [1.165, 1.54) is 24.4 Å². The van der Waals surface area contributed by atoms with Crippen LogP contribution >= 0.6 is 39.1 Å². The smallest absolute Gasteiger partial charge is 0.277 e. The highest BCUT2D eigenvalue weighted by Crippen LogP contribution is 2.27. The summed E-state index contributed by atoms with van der Waals surface area (Å²) < 4.78 is 6.01. The molecule has 0 aliphatic carbocycles. The van der Waals surface area contributed by atoms with Gasteiger partial charge in [0.1, 0.15) is 11.5 Å². The second kappa shape index (κ2) is 8.19. The lowest BCUT2D eigenvalue weighted by molar-refractivity contribution is -0.123. The standard InChI is InChI=1S/C15H11BrCl2N2O3/c16-12-3-2-11(21)5-9(12)7-19-20-15(22)8-23-14-4-1-10(17)6-13(14)18/h1-7,21H,8H2,(H,20,22)/b19-7-. The minimum Gasteiger partial charge on any atom is -0.508 e. The number of nitrogens with one attached hydrogen (secondary N) is 1. The minimum absolute atomic E-state index is 0.0988. The minimum atomic E-state index is -0.455. The Bertz CT molecular complexity index is 753. The molecule has 0 aromatic heterocycles. The molecule has 0 radical (unpaired) electrons. The summed E-state index contributed by atoms with van der Waals surface area (Å²) in [6, 6.07) is 9.41. The van der Waals surface area contributed by atoms with Crippen LogP contribution < -0.4 is 10.2 Å². The third kappa shape index (κ3) is 5.42. The molecule has 1 amide bonds. The summed E-state index contributed by atoms with van der Waals surface area (Å²) in [6.07, 6.45) is 1.40. The number of benzene rings is 2. The number of carbonyl (C=O) groups excluding carboxylic acids is 1. The Balaban J connectivity index is 1.87. The molecule has 0 fully saturated rings. The largest absolute Gasteiger partial charge is 0.508 e. The molecular weight excluding hydrogens is 407 g/mol. The topological polar surface area (TPSA) is 70.9 Å². The van der Waals surface area contributed by atoms with Crippen molar-refractivity contribution in [2.75, 3.05) is 6.61 Å². The van der Waals surface area contributed by atoms with E-state index in [0.29, 0.717) is 21.4 Å². The maximum atomic E-state index is 11.7. The number of rotatable bonds is 5. The first-order valence-corrected chi connectivity index (χ1v) is 7.89. The third-order valence-corrected chi connectivity index (χ3v) is 3.88. The molecule has 0 saturated heterocycles. The number of hydrogen-bond acceptors (Lipinski definition) is 4. The molecule has 0 saturated carbocycles. The normalized spacial score (nSPS) is 10.7. The van der Waals surface area contributed by atoms with Gasteiger partial charge in [0, 0.05) is 15.1 Å². The molecule has 120 valence electrons. The molecule has 0 unspecified atom stereocenters. The Kier molecular flexibility index (Phi) is 6.27. The molecular formula is C15H11BrCl2N2O3. The second-order valence-corrected chi connectivity index (χ2v) is 6.06. The van der Waals surface area contributed by atoms with Crippen molar-refractivity contribution in [3.63, 3.8) is 0 Å². The fraction of sp³-hybridized carbons (Fsp3) is 0.0667. The van der Waals surface area contributed by atoms with Gasteiger partial charge in [-0.3, -0.25) is 4.79 Å². The Labute approximate surface area is 151 Å². The van der Waals surface area contributed by atoms with Gasteiger partial charge in [-0.1, -0.05) is 39.1 Å². The molecule has 0 spiro atoms. The molecule has 0 aliphatic rings. The van der Waals surface area contributed by atoms with Gasteiger partial charge in [-0.15, -0.1) is 0 Å². The lowest BCUT2D eigenvalue weighted by Crippen LogP contribution is -2.24. The molecule has 0 aliphatic heterocycles. The average Bonchev–Trinajstić information content (AvgIpc) is 2.50. The van der Waals surface area contributed by atoms with Crippen LogP contribution in [-0.4, -0.2) is 23.8 Å². The van der Waals surface area contributed by atoms with E-state index in [4.69, 9.17) is 27.9 Å². The maximum absolute atomic E-state index is 11.7. The Morgan fingerprint density at radius 2 is 2.09 bits per heavy atom. The highest BCUT2D eigenvalue weighted by molar-refractivity contribution is 9.10. The van der Waals surface area contributed by atoms with Crippen LogP contribution in [0.5, 0.6) is 11.5 Å². The predicted molar refractivity (Wildman–Crippen MR) is 93.5 cm³/mol. The monoisotopic (exact) mass is 416 g/mol. The Morgan fingerprint density at radius 3 is 2.83 bits per heavy atom. The molecule has 23 heavy (non-hydrogen) atoms. The molecule has 2 rings (SSSR count).